The van der Waals surface area contributed by atoms with E-state index >= 15 is 0 Å². The highest BCUT2D eigenvalue weighted by Gasteiger charge is 2.07. The second-order valence-electron chi connectivity index (χ2n) is 4.06. The number of hydrogen-bond acceptors (Lipinski definition) is 2. The Kier molecular flexibility index (Phi) is 3.72. The minimum atomic E-state index is -0.449. The number of halogens is 1. The zero-order chi connectivity index (χ0) is 13.1. The Morgan fingerprint density at radius 2 is 1.89 bits per heavy atom. The summed E-state index contributed by atoms with van der Waals surface area (Å²) in [4.78, 5) is 11.2. The number of benzene rings is 1. The fourth-order valence-corrected chi connectivity index (χ4v) is 1.98. The van der Waals surface area contributed by atoms with Gasteiger partial charge >= 0.3 is 5.97 Å². The van der Waals surface area contributed by atoms with Gasteiger partial charge in [-0.15, -0.1) is 11.6 Å². The molecule has 0 atom stereocenters. The van der Waals surface area contributed by atoms with Crippen molar-refractivity contribution in [3.05, 3.63) is 47.8 Å². The molecule has 2 aromatic rings. The SMILES string of the molecule is Cc1ccc(C)n1-c1cccc(OC(=O)CCl)c1. The number of rotatable bonds is 3. The molecule has 0 radical (unpaired) electrons. The number of aromatic nitrogens is 1. The molecule has 0 amide bonds. The van der Waals surface area contributed by atoms with Crippen molar-refractivity contribution in [3.8, 4) is 11.4 Å². The molecule has 0 spiro atoms. The molecule has 18 heavy (non-hydrogen) atoms. The van der Waals surface area contributed by atoms with Gasteiger partial charge < -0.3 is 9.30 Å². The van der Waals surface area contributed by atoms with E-state index in [1.54, 1.807) is 6.07 Å². The Morgan fingerprint density at radius 3 is 2.50 bits per heavy atom. The summed E-state index contributed by atoms with van der Waals surface area (Å²) < 4.78 is 7.19. The van der Waals surface area contributed by atoms with Crippen LogP contribution in [0, 0.1) is 13.8 Å². The Labute approximate surface area is 111 Å². The van der Waals surface area contributed by atoms with Gasteiger partial charge in [-0.1, -0.05) is 6.07 Å². The van der Waals surface area contributed by atoms with Crippen LogP contribution in [0.2, 0.25) is 0 Å². The molecular weight excluding hydrogens is 250 g/mol. The van der Waals surface area contributed by atoms with Crippen LogP contribution in [0.1, 0.15) is 11.4 Å². The lowest BCUT2D eigenvalue weighted by molar-refractivity contribution is -0.131. The lowest BCUT2D eigenvalue weighted by Gasteiger charge is -2.11. The van der Waals surface area contributed by atoms with Gasteiger partial charge in [0.25, 0.3) is 0 Å². The maximum absolute atomic E-state index is 11.2. The average molecular weight is 264 g/mol. The van der Waals surface area contributed by atoms with E-state index in [2.05, 4.69) is 4.57 Å². The van der Waals surface area contributed by atoms with E-state index < -0.39 is 5.97 Å². The quantitative estimate of drug-likeness (QED) is 0.484. The van der Waals surface area contributed by atoms with Crippen molar-refractivity contribution in [1.29, 1.82) is 0 Å². The molecule has 4 heteroatoms. The molecule has 0 unspecified atom stereocenters. The summed E-state index contributed by atoms with van der Waals surface area (Å²) in [6.07, 6.45) is 0. The van der Waals surface area contributed by atoms with Crippen molar-refractivity contribution in [3.63, 3.8) is 0 Å². The number of nitrogens with zero attached hydrogens (tertiary/aromatic N) is 1. The summed E-state index contributed by atoms with van der Waals surface area (Å²) in [5, 5.41) is 0. The van der Waals surface area contributed by atoms with E-state index in [4.69, 9.17) is 16.3 Å². The average Bonchev–Trinajstić information content (AvgIpc) is 2.69. The second-order valence-corrected chi connectivity index (χ2v) is 4.32. The topological polar surface area (TPSA) is 31.2 Å². The van der Waals surface area contributed by atoms with Crippen LogP contribution in [0.25, 0.3) is 5.69 Å². The molecule has 0 N–H and O–H groups in total. The first-order valence-electron chi connectivity index (χ1n) is 5.64. The standard InChI is InChI=1S/C14H14ClNO2/c1-10-6-7-11(2)16(10)12-4-3-5-13(8-12)18-14(17)9-15/h3-8H,9H2,1-2H3. The molecule has 1 aromatic heterocycles. The van der Waals surface area contributed by atoms with Crippen LogP contribution in [0.5, 0.6) is 5.75 Å². The fourth-order valence-electron chi connectivity index (χ4n) is 1.92. The Hall–Kier alpha value is -1.74. The van der Waals surface area contributed by atoms with Crippen molar-refractivity contribution in [1.82, 2.24) is 4.57 Å². The predicted octanol–water partition coefficient (Wildman–Crippen LogP) is 3.24. The third kappa shape index (κ3) is 2.57. The van der Waals surface area contributed by atoms with Crippen molar-refractivity contribution in [2.75, 3.05) is 5.88 Å². The molecule has 3 nitrogen and oxygen atoms in total. The van der Waals surface area contributed by atoms with Gasteiger partial charge in [0.2, 0.25) is 0 Å². The first-order chi connectivity index (χ1) is 8.61. The molecule has 1 heterocycles. The summed E-state index contributed by atoms with van der Waals surface area (Å²) in [7, 11) is 0. The first-order valence-corrected chi connectivity index (χ1v) is 6.17. The van der Waals surface area contributed by atoms with E-state index in [0.29, 0.717) is 5.75 Å². The van der Waals surface area contributed by atoms with Crippen LogP contribution >= 0.6 is 11.6 Å². The molecule has 0 aliphatic heterocycles. The van der Waals surface area contributed by atoms with Gasteiger partial charge in [-0.3, -0.25) is 4.79 Å². The molecule has 0 saturated heterocycles. The van der Waals surface area contributed by atoms with E-state index in [0.717, 1.165) is 17.1 Å². The number of alkyl halides is 1. The predicted molar refractivity (Wildman–Crippen MR) is 71.6 cm³/mol. The molecular formula is C14H14ClNO2. The van der Waals surface area contributed by atoms with Crippen LogP contribution in [0.15, 0.2) is 36.4 Å². The van der Waals surface area contributed by atoms with Gasteiger partial charge in [-0.25, -0.2) is 0 Å². The third-order valence-corrected chi connectivity index (χ3v) is 2.91. The van der Waals surface area contributed by atoms with Gasteiger partial charge in [0.15, 0.2) is 0 Å². The molecule has 2 rings (SSSR count). The fraction of sp³-hybridized carbons (Fsp3) is 0.214. The molecule has 0 bridgehead atoms. The van der Waals surface area contributed by atoms with E-state index in [1.165, 1.54) is 0 Å². The monoisotopic (exact) mass is 263 g/mol. The lowest BCUT2D eigenvalue weighted by atomic mass is 10.3. The summed E-state index contributed by atoms with van der Waals surface area (Å²) in [6, 6.07) is 11.5. The van der Waals surface area contributed by atoms with E-state index in [-0.39, 0.29) is 5.88 Å². The van der Waals surface area contributed by atoms with Gasteiger partial charge in [-0.05, 0) is 38.1 Å². The van der Waals surface area contributed by atoms with Crippen molar-refractivity contribution < 1.29 is 9.53 Å². The number of ether oxygens (including phenoxy) is 1. The highest BCUT2D eigenvalue weighted by molar-refractivity contribution is 6.26. The van der Waals surface area contributed by atoms with Gasteiger partial charge in [0, 0.05) is 23.1 Å². The van der Waals surface area contributed by atoms with Crippen LogP contribution in [-0.2, 0) is 4.79 Å². The van der Waals surface area contributed by atoms with Crippen LogP contribution in [-0.4, -0.2) is 16.4 Å². The Bertz CT molecular complexity index is 555. The van der Waals surface area contributed by atoms with Gasteiger partial charge in [-0.2, -0.15) is 0 Å². The van der Waals surface area contributed by atoms with Crippen molar-refractivity contribution in [2.45, 2.75) is 13.8 Å². The summed E-state index contributed by atoms with van der Waals surface area (Å²) in [5.74, 6) is -0.0911. The highest BCUT2D eigenvalue weighted by atomic mass is 35.5. The largest absolute Gasteiger partial charge is 0.426 e. The van der Waals surface area contributed by atoms with Crippen LogP contribution in [0.3, 0.4) is 0 Å². The van der Waals surface area contributed by atoms with Gasteiger partial charge in [0.1, 0.15) is 11.6 Å². The van der Waals surface area contributed by atoms with Gasteiger partial charge in [0.05, 0.1) is 0 Å². The number of aryl methyl sites for hydroxylation is 2. The Balaban J connectivity index is 2.36. The summed E-state index contributed by atoms with van der Waals surface area (Å²) in [5.41, 5.74) is 3.23. The molecule has 0 aliphatic carbocycles. The normalized spacial score (nSPS) is 10.4. The number of carbonyl (C=O) groups is 1. The Morgan fingerprint density at radius 1 is 1.22 bits per heavy atom. The van der Waals surface area contributed by atoms with E-state index in [9.17, 15) is 4.79 Å². The highest BCUT2D eigenvalue weighted by Crippen LogP contribution is 2.21. The number of carbonyl (C=O) groups excluding carboxylic acids is 1. The van der Waals surface area contributed by atoms with Crippen molar-refractivity contribution in [2.24, 2.45) is 0 Å². The molecule has 94 valence electrons. The maximum atomic E-state index is 11.2. The first kappa shape index (κ1) is 12.7. The summed E-state index contributed by atoms with van der Waals surface area (Å²) in [6.45, 7) is 4.06. The molecule has 0 saturated carbocycles. The minimum absolute atomic E-state index is 0.147. The molecule has 0 aliphatic rings. The molecule has 0 fully saturated rings. The zero-order valence-corrected chi connectivity index (χ0v) is 11.1. The van der Waals surface area contributed by atoms with E-state index in [1.807, 2.05) is 44.2 Å². The second kappa shape index (κ2) is 5.27. The smallest absolute Gasteiger partial charge is 0.326 e. The third-order valence-electron chi connectivity index (χ3n) is 2.69. The number of esters is 1. The zero-order valence-electron chi connectivity index (χ0n) is 10.3. The van der Waals surface area contributed by atoms with Crippen molar-refractivity contribution >= 4 is 17.6 Å². The lowest BCUT2D eigenvalue weighted by Crippen LogP contribution is -2.09. The molecule has 1 aromatic carbocycles. The summed E-state index contributed by atoms with van der Waals surface area (Å²) >= 11 is 5.41. The van der Waals surface area contributed by atoms with Crippen LogP contribution in [0.4, 0.5) is 0 Å². The number of hydrogen-bond donors (Lipinski definition) is 0. The minimum Gasteiger partial charge on any atom is -0.426 e. The van der Waals surface area contributed by atoms with Crippen LogP contribution < -0.4 is 4.74 Å². The maximum Gasteiger partial charge on any atom is 0.326 e.